The van der Waals surface area contributed by atoms with Crippen molar-refractivity contribution in [3.8, 4) is 17.2 Å². The van der Waals surface area contributed by atoms with E-state index < -0.39 is 5.60 Å². The van der Waals surface area contributed by atoms with Crippen molar-refractivity contribution in [3.05, 3.63) is 52.0 Å². The number of likely N-dealkylation sites (N-methyl/N-ethyl adjacent to an activating group) is 1. The second kappa shape index (κ2) is 12.0. The van der Waals surface area contributed by atoms with Gasteiger partial charge in [-0.1, -0.05) is 29.3 Å². The number of halogens is 2. The molecule has 1 aliphatic heterocycles. The zero-order chi connectivity index (χ0) is 24.7. The predicted molar refractivity (Wildman–Crippen MR) is 133 cm³/mol. The maximum Gasteiger partial charge on any atom is 0.236 e. The Morgan fingerprint density at radius 1 is 1.00 bits per heavy atom. The summed E-state index contributed by atoms with van der Waals surface area (Å²) < 4.78 is 22.4. The zero-order valence-electron chi connectivity index (χ0n) is 20.1. The van der Waals surface area contributed by atoms with E-state index in [0.717, 1.165) is 31.5 Å². The molecule has 1 heterocycles. The van der Waals surface area contributed by atoms with E-state index in [-0.39, 0.29) is 5.91 Å². The molecule has 1 saturated heterocycles. The molecule has 0 atom stereocenters. The lowest BCUT2D eigenvalue weighted by Crippen LogP contribution is -2.51. The van der Waals surface area contributed by atoms with Gasteiger partial charge in [-0.05, 0) is 42.7 Å². The highest BCUT2D eigenvalue weighted by Gasteiger charge is 2.36. The summed E-state index contributed by atoms with van der Waals surface area (Å²) in [6.07, 6.45) is 1.52. The van der Waals surface area contributed by atoms with Gasteiger partial charge in [-0.2, -0.15) is 0 Å². The minimum Gasteiger partial charge on any atom is -0.493 e. The molecule has 9 heteroatoms. The van der Waals surface area contributed by atoms with Gasteiger partial charge in [-0.3, -0.25) is 9.69 Å². The number of amides is 1. The molecule has 2 aromatic rings. The van der Waals surface area contributed by atoms with Crippen LogP contribution in [-0.2, 0) is 16.1 Å². The molecule has 0 spiro atoms. The molecule has 34 heavy (non-hydrogen) atoms. The van der Waals surface area contributed by atoms with Gasteiger partial charge in [0.05, 0.1) is 30.8 Å². The fourth-order valence-electron chi connectivity index (χ4n) is 3.96. The molecule has 0 N–H and O–H groups in total. The number of rotatable bonds is 10. The Morgan fingerprint density at radius 2 is 1.71 bits per heavy atom. The van der Waals surface area contributed by atoms with Crippen LogP contribution in [0, 0.1) is 0 Å². The van der Waals surface area contributed by atoms with Gasteiger partial charge in [0.25, 0.3) is 0 Å². The van der Waals surface area contributed by atoms with Crippen molar-refractivity contribution in [1.82, 2.24) is 9.80 Å². The van der Waals surface area contributed by atoms with Crippen LogP contribution >= 0.6 is 23.2 Å². The average molecular weight is 511 g/mol. The van der Waals surface area contributed by atoms with E-state index in [1.165, 1.54) is 0 Å². The fraction of sp³-hybridized carbons (Fsp3) is 0.480. The van der Waals surface area contributed by atoms with Gasteiger partial charge in [-0.25, -0.2) is 0 Å². The molecule has 2 aromatic carbocycles. The molecule has 0 radical (unpaired) electrons. The summed E-state index contributed by atoms with van der Waals surface area (Å²) in [5.74, 6) is 2.03. The molecule has 186 valence electrons. The van der Waals surface area contributed by atoms with E-state index in [1.54, 1.807) is 44.4 Å². The SMILES string of the molecule is COc1ccc(CN(C)C(=O)CN2CCC(COc3ccc(Cl)c(Cl)c3)(OC)CC2)cc1OC. The number of ether oxygens (including phenoxy) is 4. The monoisotopic (exact) mass is 510 g/mol. The highest BCUT2D eigenvalue weighted by atomic mass is 35.5. The zero-order valence-corrected chi connectivity index (χ0v) is 21.6. The normalized spacial score (nSPS) is 15.6. The number of hydrogen-bond donors (Lipinski definition) is 0. The van der Waals surface area contributed by atoms with Crippen molar-refractivity contribution in [2.45, 2.75) is 25.0 Å². The molecule has 0 aliphatic carbocycles. The first-order valence-electron chi connectivity index (χ1n) is 11.1. The first kappa shape index (κ1) is 26.4. The number of carbonyl (C=O) groups is 1. The third kappa shape index (κ3) is 6.69. The lowest BCUT2D eigenvalue weighted by molar-refractivity contribution is -0.134. The number of nitrogens with zero attached hydrogens (tertiary/aromatic N) is 2. The Labute approximate surface area is 211 Å². The van der Waals surface area contributed by atoms with Gasteiger partial charge in [0.1, 0.15) is 18.0 Å². The predicted octanol–water partition coefficient (Wildman–Crippen LogP) is 4.53. The number of benzene rings is 2. The highest BCUT2D eigenvalue weighted by Crippen LogP contribution is 2.31. The summed E-state index contributed by atoms with van der Waals surface area (Å²) in [6, 6.07) is 10.9. The van der Waals surface area contributed by atoms with Crippen LogP contribution in [-0.4, -0.2) is 75.9 Å². The molecule has 0 unspecified atom stereocenters. The summed E-state index contributed by atoms with van der Waals surface area (Å²) in [6.45, 7) is 2.75. The molecule has 1 fully saturated rings. The van der Waals surface area contributed by atoms with Crippen LogP contribution in [0.3, 0.4) is 0 Å². The third-order valence-corrected chi connectivity index (χ3v) is 6.98. The largest absolute Gasteiger partial charge is 0.493 e. The van der Waals surface area contributed by atoms with Crippen LogP contribution in [0.25, 0.3) is 0 Å². The van der Waals surface area contributed by atoms with Gasteiger partial charge in [0.2, 0.25) is 5.91 Å². The number of methoxy groups -OCH3 is 3. The summed E-state index contributed by atoms with van der Waals surface area (Å²) in [5.41, 5.74) is 0.571. The van der Waals surface area contributed by atoms with Crippen molar-refractivity contribution in [3.63, 3.8) is 0 Å². The molecule has 0 bridgehead atoms. The lowest BCUT2D eigenvalue weighted by atomic mass is 9.92. The quantitative estimate of drug-likeness (QED) is 0.467. The van der Waals surface area contributed by atoms with Crippen LogP contribution < -0.4 is 14.2 Å². The minimum atomic E-state index is -0.406. The second-order valence-corrected chi connectivity index (χ2v) is 9.28. The summed E-state index contributed by atoms with van der Waals surface area (Å²) in [7, 11) is 6.72. The number of piperidine rings is 1. The Morgan fingerprint density at radius 3 is 2.32 bits per heavy atom. The molecule has 1 amide bonds. The van der Waals surface area contributed by atoms with Crippen LogP contribution in [0.15, 0.2) is 36.4 Å². The molecule has 0 saturated carbocycles. The first-order valence-corrected chi connectivity index (χ1v) is 11.8. The van der Waals surface area contributed by atoms with E-state index in [2.05, 4.69) is 4.90 Å². The maximum atomic E-state index is 12.8. The molecule has 7 nitrogen and oxygen atoms in total. The van der Waals surface area contributed by atoms with Crippen molar-refractivity contribution < 1.29 is 23.7 Å². The number of hydrogen-bond acceptors (Lipinski definition) is 6. The molecule has 0 aromatic heterocycles. The number of likely N-dealkylation sites (tertiary alicyclic amines) is 1. The van der Waals surface area contributed by atoms with Crippen molar-refractivity contribution in [2.24, 2.45) is 0 Å². The minimum absolute atomic E-state index is 0.0618. The van der Waals surface area contributed by atoms with Crippen molar-refractivity contribution in [2.75, 3.05) is 54.6 Å². The maximum absolute atomic E-state index is 12.8. The molecule has 1 aliphatic rings. The van der Waals surface area contributed by atoms with Crippen molar-refractivity contribution >= 4 is 29.1 Å². The van der Waals surface area contributed by atoms with Crippen molar-refractivity contribution in [1.29, 1.82) is 0 Å². The fourth-order valence-corrected chi connectivity index (χ4v) is 4.25. The Bertz CT molecular complexity index is 980. The third-order valence-electron chi connectivity index (χ3n) is 6.25. The Hall–Kier alpha value is -2.19. The van der Waals surface area contributed by atoms with Crippen LogP contribution in [0.2, 0.25) is 10.0 Å². The standard InChI is InChI=1S/C25H32Cl2N2O5/c1-28(15-18-5-8-22(31-2)23(13-18)32-3)24(30)16-29-11-9-25(33-4,10-12-29)17-34-19-6-7-20(26)21(27)14-19/h5-8,13-14H,9-12,15-17H2,1-4H3. The highest BCUT2D eigenvalue weighted by molar-refractivity contribution is 6.42. The Balaban J connectivity index is 1.50. The molecule has 3 rings (SSSR count). The second-order valence-electron chi connectivity index (χ2n) is 8.47. The number of carbonyl (C=O) groups excluding carboxylic acids is 1. The van der Waals surface area contributed by atoms with Gasteiger partial charge in [-0.15, -0.1) is 0 Å². The van der Waals surface area contributed by atoms with Gasteiger partial charge < -0.3 is 23.8 Å². The van der Waals surface area contributed by atoms with Gasteiger partial charge in [0.15, 0.2) is 11.5 Å². The van der Waals surface area contributed by atoms with Crippen LogP contribution in [0.1, 0.15) is 18.4 Å². The molecular formula is C25H32Cl2N2O5. The first-order chi connectivity index (χ1) is 16.3. The van der Waals surface area contributed by atoms with E-state index in [0.29, 0.717) is 47.0 Å². The smallest absolute Gasteiger partial charge is 0.236 e. The summed E-state index contributed by atoms with van der Waals surface area (Å²) in [5, 5.41) is 0.945. The molecular weight excluding hydrogens is 479 g/mol. The average Bonchev–Trinajstić information content (AvgIpc) is 2.85. The van der Waals surface area contributed by atoms with Gasteiger partial charge >= 0.3 is 0 Å². The topological polar surface area (TPSA) is 60.5 Å². The van der Waals surface area contributed by atoms with E-state index in [9.17, 15) is 4.79 Å². The van der Waals surface area contributed by atoms with Crippen LogP contribution in [0.5, 0.6) is 17.2 Å². The summed E-state index contributed by atoms with van der Waals surface area (Å²) >= 11 is 12.1. The Kier molecular flexibility index (Phi) is 9.31. The van der Waals surface area contributed by atoms with E-state index in [1.807, 2.05) is 25.2 Å². The lowest BCUT2D eigenvalue weighted by Gasteiger charge is -2.40. The van der Waals surface area contributed by atoms with Crippen LogP contribution in [0.4, 0.5) is 0 Å². The van der Waals surface area contributed by atoms with E-state index in [4.69, 9.17) is 42.1 Å². The summed E-state index contributed by atoms with van der Waals surface area (Å²) in [4.78, 5) is 16.7. The van der Waals surface area contributed by atoms with Gasteiger partial charge in [0, 0.05) is 39.9 Å². The van der Waals surface area contributed by atoms with E-state index >= 15 is 0 Å².